The number of carbonyl (C=O) groups excluding carboxylic acids is 1. The van der Waals surface area contributed by atoms with E-state index in [0.29, 0.717) is 12.8 Å². The second-order valence-electron chi connectivity index (χ2n) is 5.81. The second kappa shape index (κ2) is 4.82. The third-order valence-electron chi connectivity index (χ3n) is 4.21. The van der Waals surface area contributed by atoms with E-state index in [1.54, 1.807) is 0 Å². The molecule has 0 spiro atoms. The zero-order valence-electron chi connectivity index (χ0n) is 10.8. The van der Waals surface area contributed by atoms with Crippen LogP contribution in [0.2, 0.25) is 0 Å². The minimum Gasteiger partial charge on any atom is -0.481 e. The van der Waals surface area contributed by atoms with E-state index in [9.17, 15) is 22.8 Å². The molecule has 0 atom stereocenters. The second-order valence-corrected chi connectivity index (χ2v) is 5.81. The van der Waals surface area contributed by atoms with Crippen LogP contribution in [0.1, 0.15) is 38.5 Å². The number of rotatable bonds is 5. The highest BCUT2D eigenvalue weighted by Gasteiger charge is 2.64. The fourth-order valence-electron chi connectivity index (χ4n) is 2.55. The molecule has 114 valence electrons. The van der Waals surface area contributed by atoms with Gasteiger partial charge in [0.25, 0.3) is 0 Å². The molecule has 0 bridgehead atoms. The average molecular weight is 294 g/mol. The number of nitrogens with one attached hydrogen (secondary N) is 2. The van der Waals surface area contributed by atoms with Crippen molar-refractivity contribution in [3.8, 4) is 0 Å². The lowest BCUT2D eigenvalue weighted by Gasteiger charge is -2.40. The molecule has 0 heterocycles. The SMILES string of the molecule is O=C(O)CC1(CNC(=O)NC2(C(F)(F)F)CC2)CCC1. The third kappa shape index (κ3) is 2.99. The first-order valence-electron chi connectivity index (χ1n) is 6.53. The molecule has 0 aromatic carbocycles. The molecule has 2 saturated carbocycles. The Morgan fingerprint density at radius 2 is 1.75 bits per heavy atom. The fraction of sp³-hybridized carbons (Fsp3) is 0.833. The Bertz CT molecular complexity index is 415. The van der Waals surface area contributed by atoms with Crippen LogP contribution in [0.4, 0.5) is 18.0 Å². The van der Waals surface area contributed by atoms with E-state index in [-0.39, 0.29) is 25.8 Å². The van der Waals surface area contributed by atoms with Crippen LogP contribution in [0.5, 0.6) is 0 Å². The van der Waals surface area contributed by atoms with Crippen LogP contribution in [0.15, 0.2) is 0 Å². The van der Waals surface area contributed by atoms with Gasteiger partial charge in [0.2, 0.25) is 0 Å². The lowest BCUT2D eigenvalue weighted by Crippen LogP contribution is -2.54. The van der Waals surface area contributed by atoms with Crippen molar-refractivity contribution in [2.45, 2.75) is 50.2 Å². The summed E-state index contributed by atoms with van der Waals surface area (Å²) < 4.78 is 38.0. The summed E-state index contributed by atoms with van der Waals surface area (Å²) in [6.45, 7) is 0.0963. The number of carbonyl (C=O) groups is 2. The van der Waals surface area contributed by atoms with E-state index >= 15 is 0 Å². The molecule has 0 unspecified atom stereocenters. The van der Waals surface area contributed by atoms with Crippen molar-refractivity contribution in [2.75, 3.05) is 6.54 Å². The van der Waals surface area contributed by atoms with Gasteiger partial charge in [-0.25, -0.2) is 4.79 Å². The van der Waals surface area contributed by atoms with E-state index in [1.807, 2.05) is 5.32 Å². The standard InChI is InChI=1S/C12H17F3N2O3/c13-12(14,15)11(4-5-11)17-9(20)16-7-10(2-1-3-10)6-8(18)19/h1-7H2,(H,18,19)(H2,16,17,20). The van der Waals surface area contributed by atoms with Crippen LogP contribution in [0.3, 0.4) is 0 Å². The minimum atomic E-state index is -4.44. The normalized spacial score (nSPS) is 22.6. The molecule has 0 radical (unpaired) electrons. The first-order valence-corrected chi connectivity index (χ1v) is 6.53. The Hall–Kier alpha value is -1.47. The number of hydrogen-bond donors (Lipinski definition) is 3. The number of alkyl halides is 3. The summed E-state index contributed by atoms with van der Waals surface area (Å²) in [5.74, 6) is -0.958. The molecule has 0 saturated heterocycles. The van der Waals surface area contributed by atoms with Gasteiger partial charge in [-0.1, -0.05) is 6.42 Å². The predicted molar refractivity (Wildman–Crippen MR) is 63.1 cm³/mol. The largest absolute Gasteiger partial charge is 0.481 e. The predicted octanol–water partition coefficient (Wildman–Crippen LogP) is 2.03. The molecule has 8 heteroatoms. The van der Waals surface area contributed by atoms with Crippen molar-refractivity contribution in [1.29, 1.82) is 0 Å². The maximum Gasteiger partial charge on any atom is 0.411 e. The average Bonchev–Trinajstić information content (AvgIpc) is 3.01. The Morgan fingerprint density at radius 1 is 1.15 bits per heavy atom. The fourth-order valence-corrected chi connectivity index (χ4v) is 2.55. The molecule has 3 N–H and O–H groups in total. The Morgan fingerprint density at radius 3 is 2.10 bits per heavy atom. The van der Waals surface area contributed by atoms with Crippen LogP contribution < -0.4 is 10.6 Å². The Balaban J connectivity index is 1.82. The van der Waals surface area contributed by atoms with Gasteiger partial charge in [0.1, 0.15) is 5.54 Å². The summed E-state index contributed by atoms with van der Waals surface area (Å²) in [4.78, 5) is 22.3. The van der Waals surface area contributed by atoms with Crippen LogP contribution in [0.25, 0.3) is 0 Å². The van der Waals surface area contributed by atoms with E-state index in [4.69, 9.17) is 5.11 Å². The molecule has 20 heavy (non-hydrogen) atoms. The number of halogens is 3. The van der Waals surface area contributed by atoms with Gasteiger partial charge >= 0.3 is 18.2 Å². The molecular weight excluding hydrogens is 277 g/mol. The number of carboxylic acid groups (broad SMARTS) is 1. The van der Waals surface area contributed by atoms with E-state index in [0.717, 1.165) is 6.42 Å². The molecule has 2 rings (SSSR count). The number of aliphatic carboxylic acids is 1. The van der Waals surface area contributed by atoms with Gasteiger partial charge in [0, 0.05) is 6.54 Å². The van der Waals surface area contributed by atoms with E-state index in [2.05, 4.69) is 5.32 Å². The van der Waals surface area contributed by atoms with Crippen molar-refractivity contribution < 1.29 is 27.9 Å². The van der Waals surface area contributed by atoms with Crippen molar-refractivity contribution in [3.63, 3.8) is 0 Å². The zero-order chi connectivity index (χ0) is 15.0. The zero-order valence-corrected chi connectivity index (χ0v) is 10.8. The van der Waals surface area contributed by atoms with Crippen molar-refractivity contribution in [1.82, 2.24) is 10.6 Å². The molecule has 2 fully saturated rings. The molecule has 5 nitrogen and oxygen atoms in total. The lowest BCUT2D eigenvalue weighted by molar-refractivity contribution is -0.162. The third-order valence-corrected chi connectivity index (χ3v) is 4.21. The maximum atomic E-state index is 12.7. The van der Waals surface area contributed by atoms with E-state index < -0.39 is 29.1 Å². The first-order chi connectivity index (χ1) is 9.18. The summed E-state index contributed by atoms with van der Waals surface area (Å²) >= 11 is 0. The van der Waals surface area contributed by atoms with Crippen LogP contribution in [-0.4, -0.2) is 35.4 Å². The molecule has 2 aliphatic carbocycles. The Labute approximate surface area is 113 Å². The van der Waals surface area contributed by atoms with Crippen LogP contribution in [-0.2, 0) is 4.79 Å². The smallest absolute Gasteiger partial charge is 0.411 e. The van der Waals surface area contributed by atoms with Crippen molar-refractivity contribution in [3.05, 3.63) is 0 Å². The number of carboxylic acids is 1. The Kier molecular flexibility index (Phi) is 3.60. The minimum absolute atomic E-state index is 0.0717. The van der Waals surface area contributed by atoms with Gasteiger partial charge in [-0.15, -0.1) is 0 Å². The van der Waals surface area contributed by atoms with Gasteiger partial charge in [-0.05, 0) is 31.1 Å². The molecule has 0 aliphatic heterocycles. The topological polar surface area (TPSA) is 78.4 Å². The van der Waals surface area contributed by atoms with Crippen molar-refractivity contribution >= 4 is 12.0 Å². The maximum absolute atomic E-state index is 12.7. The first kappa shape index (κ1) is 14.9. The summed E-state index contributed by atoms with van der Waals surface area (Å²) in [5, 5.41) is 13.1. The van der Waals surface area contributed by atoms with Crippen LogP contribution in [0, 0.1) is 5.41 Å². The molecule has 2 amide bonds. The molecule has 0 aromatic heterocycles. The molecular formula is C12H17F3N2O3. The van der Waals surface area contributed by atoms with Gasteiger partial charge in [-0.2, -0.15) is 13.2 Å². The van der Waals surface area contributed by atoms with Gasteiger partial charge in [0.05, 0.1) is 6.42 Å². The highest BCUT2D eigenvalue weighted by Crippen LogP contribution is 2.49. The summed E-state index contributed by atoms with van der Waals surface area (Å²) in [5.41, 5.74) is -2.59. The highest BCUT2D eigenvalue weighted by atomic mass is 19.4. The summed E-state index contributed by atoms with van der Waals surface area (Å²) in [6, 6.07) is -0.878. The van der Waals surface area contributed by atoms with Gasteiger partial charge in [-0.3, -0.25) is 4.79 Å². The quantitative estimate of drug-likeness (QED) is 0.726. The van der Waals surface area contributed by atoms with Gasteiger partial charge < -0.3 is 15.7 Å². The van der Waals surface area contributed by atoms with Crippen LogP contribution >= 0.6 is 0 Å². The monoisotopic (exact) mass is 294 g/mol. The van der Waals surface area contributed by atoms with Gasteiger partial charge in [0.15, 0.2) is 0 Å². The number of urea groups is 1. The number of hydrogen-bond acceptors (Lipinski definition) is 2. The lowest BCUT2D eigenvalue weighted by atomic mass is 9.66. The van der Waals surface area contributed by atoms with E-state index in [1.165, 1.54) is 0 Å². The highest BCUT2D eigenvalue weighted by molar-refractivity contribution is 5.76. The number of amides is 2. The summed E-state index contributed by atoms with van der Waals surface area (Å²) in [6.07, 6.45) is -2.51. The molecule has 0 aromatic rings. The molecule has 2 aliphatic rings. The van der Waals surface area contributed by atoms with Crippen molar-refractivity contribution in [2.24, 2.45) is 5.41 Å². The summed E-state index contributed by atoms with van der Waals surface area (Å²) in [7, 11) is 0.